The van der Waals surface area contributed by atoms with Crippen molar-refractivity contribution in [3.8, 4) is 12.3 Å². The van der Waals surface area contributed by atoms with Crippen LogP contribution < -0.4 is 11.1 Å². The highest BCUT2D eigenvalue weighted by molar-refractivity contribution is 8.00. The number of thiazole rings is 1. The maximum absolute atomic E-state index is 12.9. The second-order valence-corrected chi connectivity index (χ2v) is 9.58. The van der Waals surface area contributed by atoms with Crippen molar-refractivity contribution in [2.75, 3.05) is 31.7 Å². The largest absolute Gasteiger partial charge is 0.477 e. The van der Waals surface area contributed by atoms with E-state index < -0.39 is 29.2 Å². The first kappa shape index (κ1) is 24.3. The normalized spacial score (nSPS) is 23.2. The third-order valence-electron chi connectivity index (χ3n) is 5.49. The summed E-state index contributed by atoms with van der Waals surface area (Å²) < 4.78 is 0. The van der Waals surface area contributed by atoms with Crippen LogP contribution >= 0.6 is 23.1 Å². The van der Waals surface area contributed by atoms with E-state index in [1.807, 2.05) is 0 Å². The van der Waals surface area contributed by atoms with Crippen molar-refractivity contribution in [1.29, 1.82) is 0 Å². The number of aliphatic carboxylic acids is 1. The van der Waals surface area contributed by atoms with Crippen LogP contribution in [0.2, 0.25) is 0 Å². The third-order valence-corrected chi connectivity index (χ3v) is 7.47. The third kappa shape index (κ3) is 4.47. The van der Waals surface area contributed by atoms with E-state index in [1.54, 1.807) is 0 Å². The maximum Gasteiger partial charge on any atom is 0.352 e. The molecule has 0 aliphatic carbocycles. The Hall–Kier alpha value is -3.83. The highest BCUT2D eigenvalue weighted by atomic mass is 32.2. The lowest BCUT2D eigenvalue weighted by molar-refractivity contribution is -0.150. The van der Waals surface area contributed by atoms with E-state index in [2.05, 4.69) is 21.4 Å². The summed E-state index contributed by atoms with van der Waals surface area (Å²) in [6.45, 7) is 0.624. The summed E-state index contributed by atoms with van der Waals surface area (Å²) in [7, 11) is 1.26. The topological polar surface area (TPSA) is 168 Å². The van der Waals surface area contributed by atoms with Crippen LogP contribution in [0.15, 0.2) is 33.5 Å². The van der Waals surface area contributed by atoms with Crippen molar-refractivity contribution in [1.82, 2.24) is 20.1 Å². The standard InChI is InChI=1S/C21H20N6O6S2/c1-3-5-26-6-4-10(17(26)29)7-11-8-34-19-14(18(30)27(19)15(11)20(31)32)24-16(28)13(25-33-2)12-9-35-21(22)23-12/h1,7,9,14,19H,4-6,8H2,2H3,(H2,22,23)(H,24,28)(H,31,32)/b10-7+,25-13-/t14-,19-/m1/s1. The number of terminal acetylenes is 1. The Morgan fingerprint density at radius 3 is 2.89 bits per heavy atom. The van der Waals surface area contributed by atoms with Gasteiger partial charge in [0.05, 0.1) is 6.54 Å². The molecule has 2 saturated heterocycles. The number of β-lactam (4-membered cyclic amide) rings is 1. The second-order valence-electron chi connectivity index (χ2n) is 7.58. The van der Waals surface area contributed by atoms with Gasteiger partial charge in [-0.2, -0.15) is 0 Å². The number of likely N-dealkylation sites (tertiary alicyclic amines) is 1. The molecule has 1 aromatic heterocycles. The van der Waals surface area contributed by atoms with Crippen LogP contribution in [0.1, 0.15) is 12.1 Å². The van der Waals surface area contributed by atoms with Crippen LogP contribution in [0.5, 0.6) is 0 Å². The van der Waals surface area contributed by atoms with E-state index in [-0.39, 0.29) is 40.4 Å². The van der Waals surface area contributed by atoms with Gasteiger partial charge in [-0.05, 0) is 18.1 Å². The first-order valence-corrected chi connectivity index (χ1v) is 12.2. The SMILES string of the molecule is C#CCN1CC/C(=C\C2=C(C(=O)O)N3C(=O)[C@@H](NC(=O)/C(=N\OC)c4csc(N)n4)[C@H]3SC2)C1=O. The molecule has 2 fully saturated rings. The molecule has 1 aromatic rings. The molecule has 0 aromatic carbocycles. The molecule has 0 spiro atoms. The Labute approximate surface area is 207 Å². The Morgan fingerprint density at radius 2 is 2.26 bits per heavy atom. The summed E-state index contributed by atoms with van der Waals surface area (Å²) in [6.07, 6.45) is 7.24. The number of amides is 3. The number of aromatic nitrogens is 1. The van der Waals surface area contributed by atoms with Gasteiger partial charge in [-0.1, -0.05) is 11.1 Å². The van der Waals surface area contributed by atoms with Crippen LogP contribution in [0.3, 0.4) is 0 Å². The Morgan fingerprint density at radius 1 is 1.49 bits per heavy atom. The lowest BCUT2D eigenvalue weighted by Crippen LogP contribution is -2.71. The molecule has 4 rings (SSSR count). The first-order valence-electron chi connectivity index (χ1n) is 10.2. The van der Waals surface area contributed by atoms with Gasteiger partial charge in [0.25, 0.3) is 17.7 Å². The zero-order valence-electron chi connectivity index (χ0n) is 18.4. The summed E-state index contributed by atoms with van der Waals surface area (Å²) in [5.41, 5.74) is 6.23. The molecule has 182 valence electrons. The average Bonchev–Trinajstić information content (AvgIpc) is 3.41. The van der Waals surface area contributed by atoms with Crippen LogP contribution in [-0.4, -0.2) is 86.7 Å². The van der Waals surface area contributed by atoms with Crippen molar-refractivity contribution in [2.24, 2.45) is 5.16 Å². The van der Waals surface area contributed by atoms with Crippen LogP contribution in [0.4, 0.5) is 5.13 Å². The molecule has 0 unspecified atom stereocenters. The number of nitrogens with one attached hydrogen (secondary N) is 1. The minimum Gasteiger partial charge on any atom is -0.477 e. The van der Waals surface area contributed by atoms with Crippen LogP contribution in [-0.2, 0) is 24.0 Å². The van der Waals surface area contributed by atoms with E-state index in [9.17, 15) is 24.3 Å². The van der Waals surface area contributed by atoms with Gasteiger partial charge in [-0.25, -0.2) is 9.78 Å². The molecule has 14 heteroatoms. The zero-order chi connectivity index (χ0) is 25.3. The molecule has 4 N–H and O–H groups in total. The van der Waals surface area contributed by atoms with Gasteiger partial charge in [0.2, 0.25) is 0 Å². The molecule has 3 aliphatic rings. The number of carboxylic acid groups (broad SMARTS) is 1. The number of rotatable bonds is 7. The highest BCUT2D eigenvalue weighted by Crippen LogP contribution is 2.41. The van der Waals surface area contributed by atoms with E-state index in [0.29, 0.717) is 24.1 Å². The predicted molar refractivity (Wildman–Crippen MR) is 128 cm³/mol. The maximum atomic E-state index is 12.9. The number of nitrogens with zero attached hydrogens (tertiary/aromatic N) is 4. The lowest BCUT2D eigenvalue weighted by atomic mass is 10.0. The van der Waals surface area contributed by atoms with E-state index in [1.165, 1.54) is 35.2 Å². The molecule has 3 aliphatic heterocycles. The minimum absolute atomic E-state index is 0.164. The number of carboxylic acids is 1. The molecule has 4 heterocycles. The number of hydrogen-bond donors (Lipinski definition) is 3. The van der Waals surface area contributed by atoms with Crippen LogP contribution in [0, 0.1) is 12.3 Å². The lowest BCUT2D eigenvalue weighted by Gasteiger charge is -2.49. The quantitative estimate of drug-likeness (QED) is 0.144. The smallest absolute Gasteiger partial charge is 0.352 e. The second kappa shape index (κ2) is 9.80. The molecular weight excluding hydrogens is 496 g/mol. The van der Waals surface area contributed by atoms with Crippen molar-refractivity contribution >= 4 is 57.6 Å². The van der Waals surface area contributed by atoms with Crippen molar-refractivity contribution in [3.05, 3.63) is 34.0 Å². The zero-order valence-corrected chi connectivity index (χ0v) is 20.0. The summed E-state index contributed by atoms with van der Waals surface area (Å²) >= 11 is 2.39. The van der Waals surface area contributed by atoms with Crippen molar-refractivity contribution in [2.45, 2.75) is 17.8 Å². The van der Waals surface area contributed by atoms with Gasteiger partial charge in [-0.3, -0.25) is 19.3 Å². The summed E-state index contributed by atoms with van der Waals surface area (Å²) in [4.78, 5) is 61.7. The molecule has 0 saturated carbocycles. The number of allylic oxidation sites excluding steroid dienone is 1. The molecule has 12 nitrogen and oxygen atoms in total. The first-order chi connectivity index (χ1) is 16.8. The van der Waals surface area contributed by atoms with E-state index >= 15 is 0 Å². The van der Waals surface area contributed by atoms with Crippen molar-refractivity contribution < 1.29 is 29.1 Å². The Kier molecular flexibility index (Phi) is 6.81. The van der Waals surface area contributed by atoms with Gasteiger partial charge in [0, 0.05) is 23.3 Å². The number of nitrogen functional groups attached to an aromatic ring is 1. The van der Waals surface area contributed by atoms with Crippen molar-refractivity contribution in [3.63, 3.8) is 0 Å². The number of hydrogen-bond acceptors (Lipinski definition) is 10. The van der Waals surface area contributed by atoms with Gasteiger partial charge < -0.3 is 25.9 Å². The summed E-state index contributed by atoms with van der Waals surface area (Å²) in [5, 5.41) is 17.2. The van der Waals surface area contributed by atoms with Gasteiger partial charge in [-0.15, -0.1) is 29.5 Å². The monoisotopic (exact) mass is 516 g/mol. The summed E-state index contributed by atoms with van der Waals surface area (Å²) in [5.74, 6) is -0.203. The molecule has 0 bridgehead atoms. The molecule has 35 heavy (non-hydrogen) atoms. The molecular formula is C21H20N6O6S2. The number of oxime groups is 1. The fourth-order valence-corrected chi connectivity index (χ4v) is 5.78. The molecule has 3 amide bonds. The predicted octanol–water partition coefficient (Wildman–Crippen LogP) is -0.394. The minimum atomic E-state index is -1.30. The number of thioether (sulfide) groups is 1. The van der Waals surface area contributed by atoms with Gasteiger partial charge in [0.15, 0.2) is 10.8 Å². The Bertz CT molecular complexity index is 1250. The number of anilines is 1. The Balaban J connectivity index is 1.54. The van der Waals surface area contributed by atoms with E-state index in [4.69, 9.17) is 17.0 Å². The van der Waals surface area contributed by atoms with Gasteiger partial charge in [0.1, 0.15) is 29.9 Å². The fourth-order valence-electron chi connectivity index (χ4n) is 3.93. The average molecular weight is 517 g/mol. The molecule has 0 radical (unpaired) electrons. The van der Waals surface area contributed by atoms with Crippen LogP contribution in [0.25, 0.3) is 0 Å². The van der Waals surface area contributed by atoms with Gasteiger partial charge >= 0.3 is 5.97 Å². The number of nitrogens with two attached hydrogens (primary N) is 1. The molecule has 2 atom stereocenters. The summed E-state index contributed by atoms with van der Waals surface area (Å²) in [6, 6.07) is -0.978. The fraction of sp³-hybridized carbons (Fsp3) is 0.333. The number of carbonyl (C=O) groups excluding carboxylic acids is 3. The number of fused-ring (bicyclic) bond motifs is 1. The van der Waals surface area contributed by atoms with E-state index in [0.717, 1.165) is 16.2 Å². The number of carbonyl (C=O) groups is 4. The highest BCUT2D eigenvalue weighted by Gasteiger charge is 2.54.